The number of rotatable bonds is 1. The van der Waals surface area contributed by atoms with Crippen molar-refractivity contribution in [1.82, 2.24) is 9.97 Å². The molecule has 0 aliphatic carbocycles. The molecule has 0 aliphatic rings. The van der Waals surface area contributed by atoms with Gasteiger partial charge in [0.1, 0.15) is 9.98 Å². The van der Waals surface area contributed by atoms with Crippen molar-refractivity contribution in [1.29, 1.82) is 0 Å². The van der Waals surface area contributed by atoms with Gasteiger partial charge in [-0.25, -0.2) is 9.97 Å². The van der Waals surface area contributed by atoms with Crippen LogP contribution in [0.3, 0.4) is 0 Å². The second-order valence-corrected chi connectivity index (χ2v) is 5.37. The maximum atomic E-state index is 6.18. The molecular formula is C13H9ClN2S. The quantitative estimate of drug-likeness (QED) is 0.609. The average molecular weight is 261 g/mol. The fourth-order valence-corrected chi connectivity index (χ4v) is 2.88. The Morgan fingerprint density at radius 1 is 1.12 bits per heavy atom. The number of fused-ring (bicyclic) bond motifs is 1. The Morgan fingerprint density at radius 2 is 1.88 bits per heavy atom. The minimum atomic E-state index is 0.526. The highest BCUT2D eigenvalue weighted by molar-refractivity contribution is 7.18. The summed E-state index contributed by atoms with van der Waals surface area (Å²) >= 11 is 7.82. The summed E-state index contributed by atoms with van der Waals surface area (Å²) in [7, 11) is 0. The van der Waals surface area contributed by atoms with Crippen LogP contribution < -0.4 is 0 Å². The maximum absolute atomic E-state index is 6.18. The molecule has 0 saturated heterocycles. The summed E-state index contributed by atoms with van der Waals surface area (Å²) in [5.41, 5.74) is 0.988. The molecular weight excluding hydrogens is 252 g/mol. The lowest BCUT2D eigenvalue weighted by Crippen LogP contribution is -1.88. The van der Waals surface area contributed by atoms with Crippen molar-refractivity contribution in [3.05, 3.63) is 46.4 Å². The summed E-state index contributed by atoms with van der Waals surface area (Å²) in [6, 6.07) is 11.9. The molecule has 3 rings (SSSR count). The first-order valence-electron chi connectivity index (χ1n) is 5.23. The average Bonchev–Trinajstić information content (AvgIpc) is 2.71. The molecule has 0 fully saturated rings. The van der Waals surface area contributed by atoms with Crippen LogP contribution in [0.5, 0.6) is 0 Å². The minimum absolute atomic E-state index is 0.526. The maximum Gasteiger partial charge on any atom is 0.162 e. The first-order chi connectivity index (χ1) is 8.24. The van der Waals surface area contributed by atoms with Crippen LogP contribution in [0.2, 0.25) is 5.15 Å². The molecule has 0 radical (unpaired) electrons. The predicted molar refractivity (Wildman–Crippen MR) is 72.6 cm³/mol. The number of nitrogens with zero attached hydrogens (tertiary/aromatic N) is 2. The van der Waals surface area contributed by atoms with Gasteiger partial charge in [-0.1, -0.05) is 41.9 Å². The van der Waals surface area contributed by atoms with Crippen LogP contribution in [-0.4, -0.2) is 9.97 Å². The highest BCUT2D eigenvalue weighted by atomic mass is 35.5. The Balaban J connectivity index is 2.25. The Kier molecular flexibility index (Phi) is 2.57. The predicted octanol–water partition coefficient (Wildman–Crippen LogP) is 4.32. The number of halogens is 1. The number of hydrogen-bond acceptors (Lipinski definition) is 3. The van der Waals surface area contributed by atoms with Crippen LogP contribution in [0.1, 0.15) is 4.88 Å². The Morgan fingerprint density at radius 3 is 2.65 bits per heavy atom. The van der Waals surface area contributed by atoms with Gasteiger partial charge in [0.25, 0.3) is 0 Å². The first-order valence-corrected chi connectivity index (χ1v) is 6.42. The molecule has 4 heteroatoms. The molecule has 0 unspecified atom stereocenters. The molecule has 84 valence electrons. The van der Waals surface area contributed by atoms with E-state index in [-0.39, 0.29) is 0 Å². The summed E-state index contributed by atoms with van der Waals surface area (Å²) in [5.74, 6) is 0.685. The van der Waals surface area contributed by atoms with Crippen molar-refractivity contribution in [2.24, 2.45) is 0 Å². The zero-order chi connectivity index (χ0) is 11.8. The number of hydrogen-bond donors (Lipinski definition) is 0. The topological polar surface area (TPSA) is 25.8 Å². The Labute approximate surface area is 108 Å². The van der Waals surface area contributed by atoms with Crippen LogP contribution in [-0.2, 0) is 0 Å². The summed E-state index contributed by atoms with van der Waals surface area (Å²) in [5, 5.41) is 1.46. The van der Waals surface area contributed by atoms with E-state index in [1.807, 2.05) is 43.3 Å². The van der Waals surface area contributed by atoms with Crippen molar-refractivity contribution in [2.75, 3.05) is 0 Å². The van der Waals surface area contributed by atoms with Gasteiger partial charge in [-0.3, -0.25) is 0 Å². The van der Waals surface area contributed by atoms with Crippen LogP contribution in [0.4, 0.5) is 0 Å². The van der Waals surface area contributed by atoms with Crippen molar-refractivity contribution >= 4 is 33.2 Å². The molecule has 0 bridgehead atoms. The van der Waals surface area contributed by atoms with E-state index in [2.05, 4.69) is 9.97 Å². The third-order valence-corrected chi connectivity index (χ3v) is 3.73. The summed E-state index contributed by atoms with van der Waals surface area (Å²) in [6.07, 6.45) is 0. The standard InChI is InChI=1S/C13H9ClN2S/c1-8-7-10-11(14)15-12(16-13(10)17-8)9-5-3-2-4-6-9/h2-7H,1H3. The molecule has 3 aromatic rings. The SMILES string of the molecule is Cc1cc2c(Cl)nc(-c3ccccc3)nc2s1. The van der Waals surface area contributed by atoms with Gasteiger partial charge in [0, 0.05) is 15.8 Å². The highest BCUT2D eigenvalue weighted by Crippen LogP contribution is 2.30. The molecule has 2 heterocycles. The van der Waals surface area contributed by atoms with Gasteiger partial charge < -0.3 is 0 Å². The van der Waals surface area contributed by atoms with Gasteiger partial charge in [-0.05, 0) is 13.0 Å². The summed E-state index contributed by atoms with van der Waals surface area (Å²) in [6.45, 7) is 2.05. The minimum Gasteiger partial charge on any atom is -0.217 e. The van der Waals surface area contributed by atoms with Gasteiger partial charge >= 0.3 is 0 Å². The van der Waals surface area contributed by atoms with Crippen molar-refractivity contribution < 1.29 is 0 Å². The van der Waals surface area contributed by atoms with Gasteiger partial charge in [0.2, 0.25) is 0 Å². The molecule has 0 amide bonds. The van der Waals surface area contributed by atoms with E-state index < -0.39 is 0 Å². The van der Waals surface area contributed by atoms with Crippen LogP contribution in [0.25, 0.3) is 21.6 Å². The summed E-state index contributed by atoms with van der Waals surface area (Å²) in [4.78, 5) is 11.0. The van der Waals surface area contributed by atoms with E-state index in [1.165, 1.54) is 4.88 Å². The molecule has 0 aliphatic heterocycles. The zero-order valence-electron chi connectivity index (χ0n) is 9.14. The van der Waals surface area contributed by atoms with E-state index in [9.17, 15) is 0 Å². The van der Waals surface area contributed by atoms with E-state index >= 15 is 0 Å². The Bertz CT molecular complexity index is 676. The van der Waals surface area contributed by atoms with Gasteiger partial charge in [0.05, 0.1) is 0 Å². The lowest BCUT2D eigenvalue weighted by Gasteiger charge is -2.00. The number of benzene rings is 1. The molecule has 0 spiro atoms. The van der Waals surface area contributed by atoms with E-state index in [4.69, 9.17) is 11.6 Å². The third-order valence-electron chi connectivity index (χ3n) is 2.50. The third kappa shape index (κ3) is 1.92. The van der Waals surface area contributed by atoms with E-state index in [0.29, 0.717) is 11.0 Å². The molecule has 2 nitrogen and oxygen atoms in total. The smallest absolute Gasteiger partial charge is 0.162 e. The van der Waals surface area contributed by atoms with Crippen LogP contribution >= 0.6 is 22.9 Å². The fourth-order valence-electron chi connectivity index (χ4n) is 1.72. The highest BCUT2D eigenvalue weighted by Gasteiger charge is 2.09. The fraction of sp³-hybridized carbons (Fsp3) is 0.0769. The van der Waals surface area contributed by atoms with Gasteiger partial charge in [-0.15, -0.1) is 11.3 Å². The molecule has 1 aromatic carbocycles. The molecule has 0 N–H and O–H groups in total. The number of thiophene rings is 1. The Hall–Kier alpha value is -1.45. The lowest BCUT2D eigenvalue weighted by atomic mass is 10.2. The molecule has 0 saturated carbocycles. The lowest BCUT2D eigenvalue weighted by molar-refractivity contribution is 1.24. The molecule has 0 atom stereocenters. The largest absolute Gasteiger partial charge is 0.217 e. The van der Waals surface area contributed by atoms with Gasteiger partial charge in [-0.2, -0.15) is 0 Å². The van der Waals surface area contributed by atoms with Gasteiger partial charge in [0.15, 0.2) is 5.82 Å². The monoisotopic (exact) mass is 260 g/mol. The first kappa shape index (κ1) is 10.7. The zero-order valence-corrected chi connectivity index (χ0v) is 10.7. The van der Waals surface area contributed by atoms with Crippen molar-refractivity contribution in [2.45, 2.75) is 6.92 Å². The second-order valence-electron chi connectivity index (χ2n) is 3.78. The second kappa shape index (κ2) is 4.09. The molecule has 17 heavy (non-hydrogen) atoms. The van der Waals surface area contributed by atoms with Crippen LogP contribution in [0.15, 0.2) is 36.4 Å². The number of aromatic nitrogens is 2. The molecule has 2 aromatic heterocycles. The number of aryl methyl sites for hydroxylation is 1. The summed E-state index contributed by atoms with van der Waals surface area (Å²) < 4.78 is 0. The van der Waals surface area contributed by atoms with Crippen molar-refractivity contribution in [3.8, 4) is 11.4 Å². The van der Waals surface area contributed by atoms with Crippen LogP contribution in [0, 0.1) is 6.92 Å². The van der Waals surface area contributed by atoms with E-state index in [0.717, 1.165) is 15.8 Å². The normalized spacial score (nSPS) is 10.9. The van der Waals surface area contributed by atoms with E-state index in [1.54, 1.807) is 11.3 Å². The van der Waals surface area contributed by atoms with Crippen molar-refractivity contribution in [3.63, 3.8) is 0 Å².